The van der Waals surface area contributed by atoms with Gasteiger partial charge in [-0.1, -0.05) is 11.1 Å². The number of rotatable bonds is 5. The van der Waals surface area contributed by atoms with Crippen molar-refractivity contribution in [2.24, 2.45) is 0 Å². The van der Waals surface area contributed by atoms with Crippen molar-refractivity contribution >= 4 is 5.91 Å². The molecule has 0 fully saturated rings. The highest BCUT2D eigenvalue weighted by Gasteiger charge is 2.03. The average molecular weight is 207 g/mol. The van der Waals surface area contributed by atoms with Crippen LogP contribution in [0, 0.1) is 19.3 Å². The van der Waals surface area contributed by atoms with E-state index in [9.17, 15) is 4.79 Å². The molecule has 0 saturated heterocycles. The van der Waals surface area contributed by atoms with Gasteiger partial charge in [-0.05, 0) is 6.92 Å². The highest BCUT2D eigenvalue weighted by molar-refractivity contribution is 5.77. The number of carbonyl (C=O) groups excluding carboxylic acids is 1. The Labute approximate surface area is 88.2 Å². The minimum Gasteiger partial charge on any atom is -0.361 e. The van der Waals surface area contributed by atoms with Crippen LogP contribution >= 0.6 is 0 Å². The fraction of sp³-hybridized carbons (Fsp3) is 0.400. The maximum atomic E-state index is 11.2. The van der Waals surface area contributed by atoms with Crippen LogP contribution in [-0.4, -0.2) is 24.2 Å². The summed E-state index contributed by atoms with van der Waals surface area (Å²) in [5.41, 5.74) is 0.706. The number of hydrogen-bond donors (Lipinski definition) is 2. The summed E-state index contributed by atoms with van der Waals surface area (Å²) in [6.45, 7) is 2.76. The van der Waals surface area contributed by atoms with Crippen molar-refractivity contribution in [2.75, 3.05) is 13.1 Å². The lowest BCUT2D eigenvalue weighted by Crippen LogP contribution is -2.33. The Hall–Kier alpha value is -1.80. The predicted molar refractivity (Wildman–Crippen MR) is 54.8 cm³/mol. The van der Waals surface area contributed by atoms with Crippen LogP contribution in [-0.2, 0) is 11.3 Å². The molecule has 1 amide bonds. The van der Waals surface area contributed by atoms with Crippen molar-refractivity contribution in [3.05, 3.63) is 17.5 Å². The van der Waals surface area contributed by atoms with Crippen LogP contribution in [0.2, 0.25) is 0 Å². The second-order valence-electron chi connectivity index (χ2n) is 3.01. The van der Waals surface area contributed by atoms with E-state index in [4.69, 9.17) is 10.9 Å². The van der Waals surface area contributed by atoms with Gasteiger partial charge in [0.15, 0.2) is 0 Å². The van der Waals surface area contributed by atoms with E-state index in [2.05, 4.69) is 21.7 Å². The van der Waals surface area contributed by atoms with Crippen LogP contribution in [0.5, 0.6) is 0 Å². The lowest BCUT2D eigenvalue weighted by Gasteiger charge is -2.02. The molecule has 0 unspecified atom stereocenters. The summed E-state index contributed by atoms with van der Waals surface area (Å²) >= 11 is 0. The van der Waals surface area contributed by atoms with Gasteiger partial charge >= 0.3 is 0 Å². The van der Waals surface area contributed by atoms with Crippen molar-refractivity contribution in [1.29, 1.82) is 0 Å². The number of hydrogen-bond acceptors (Lipinski definition) is 4. The third-order valence-corrected chi connectivity index (χ3v) is 1.66. The van der Waals surface area contributed by atoms with Gasteiger partial charge in [-0.15, -0.1) is 6.42 Å². The minimum absolute atomic E-state index is 0.120. The smallest absolute Gasteiger partial charge is 0.234 e. The second kappa shape index (κ2) is 5.83. The van der Waals surface area contributed by atoms with Crippen LogP contribution in [0.1, 0.15) is 11.5 Å². The van der Waals surface area contributed by atoms with Gasteiger partial charge in [-0.25, -0.2) is 0 Å². The van der Waals surface area contributed by atoms with Gasteiger partial charge in [0, 0.05) is 6.07 Å². The first kappa shape index (κ1) is 11.3. The molecule has 1 aromatic rings. The third-order valence-electron chi connectivity index (χ3n) is 1.66. The van der Waals surface area contributed by atoms with Crippen molar-refractivity contribution in [3.8, 4) is 12.3 Å². The van der Waals surface area contributed by atoms with Crippen LogP contribution in [0.3, 0.4) is 0 Å². The second-order valence-corrected chi connectivity index (χ2v) is 3.01. The fourth-order valence-electron chi connectivity index (χ4n) is 1.00. The van der Waals surface area contributed by atoms with Gasteiger partial charge in [-0.3, -0.25) is 10.1 Å². The van der Waals surface area contributed by atoms with Gasteiger partial charge in [-0.2, -0.15) is 0 Å². The van der Waals surface area contributed by atoms with E-state index in [0.29, 0.717) is 18.8 Å². The van der Waals surface area contributed by atoms with Crippen LogP contribution < -0.4 is 10.6 Å². The Kier molecular flexibility index (Phi) is 4.38. The summed E-state index contributed by atoms with van der Waals surface area (Å²) in [4.78, 5) is 11.2. The number of amides is 1. The Bertz CT molecular complexity index is 365. The topological polar surface area (TPSA) is 67.2 Å². The lowest BCUT2D eigenvalue weighted by atomic mass is 10.4. The van der Waals surface area contributed by atoms with E-state index in [1.165, 1.54) is 0 Å². The maximum Gasteiger partial charge on any atom is 0.234 e. The molecule has 1 rings (SSSR count). The molecule has 0 aliphatic heterocycles. The quantitative estimate of drug-likeness (QED) is 0.519. The van der Waals surface area contributed by atoms with Crippen LogP contribution in [0.15, 0.2) is 10.6 Å². The number of nitrogens with one attached hydrogen (secondary N) is 2. The SMILES string of the molecule is C#CCNCC(=O)NCc1cc(C)on1. The Balaban J connectivity index is 2.20. The molecule has 0 radical (unpaired) electrons. The molecular weight excluding hydrogens is 194 g/mol. The molecule has 15 heavy (non-hydrogen) atoms. The van der Waals surface area contributed by atoms with E-state index in [1.54, 1.807) is 13.0 Å². The third kappa shape index (κ3) is 4.29. The van der Waals surface area contributed by atoms with E-state index in [-0.39, 0.29) is 12.5 Å². The zero-order valence-corrected chi connectivity index (χ0v) is 8.54. The summed E-state index contributed by atoms with van der Waals surface area (Å²) in [6, 6.07) is 1.77. The highest BCUT2D eigenvalue weighted by Crippen LogP contribution is 1.99. The lowest BCUT2D eigenvalue weighted by molar-refractivity contribution is -0.120. The maximum absolute atomic E-state index is 11.2. The van der Waals surface area contributed by atoms with E-state index >= 15 is 0 Å². The van der Waals surface area contributed by atoms with Gasteiger partial charge in [0.1, 0.15) is 11.5 Å². The zero-order valence-electron chi connectivity index (χ0n) is 8.54. The number of terminal acetylenes is 1. The molecule has 5 heteroatoms. The van der Waals surface area contributed by atoms with Crippen molar-refractivity contribution in [3.63, 3.8) is 0 Å². The average Bonchev–Trinajstić information content (AvgIpc) is 2.62. The van der Waals surface area contributed by atoms with Crippen LogP contribution in [0.25, 0.3) is 0 Å². The summed E-state index contributed by atoms with van der Waals surface area (Å²) in [5, 5.41) is 9.20. The van der Waals surface area contributed by atoms with E-state index < -0.39 is 0 Å². The van der Waals surface area contributed by atoms with E-state index in [1.807, 2.05) is 0 Å². The first-order valence-corrected chi connectivity index (χ1v) is 4.55. The first-order valence-electron chi connectivity index (χ1n) is 4.55. The van der Waals surface area contributed by atoms with E-state index in [0.717, 1.165) is 5.76 Å². The Morgan fingerprint density at radius 2 is 2.53 bits per heavy atom. The molecule has 0 saturated carbocycles. The molecule has 0 aromatic carbocycles. The Morgan fingerprint density at radius 3 is 3.13 bits per heavy atom. The minimum atomic E-state index is -0.120. The first-order chi connectivity index (χ1) is 7.22. The highest BCUT2D eigenvalue weighted by atomic mass is 16.5. The molecule has 0 bridgehead atoms. The standard InChI is InChI=1S/C10H13N3O2/c1-3-4-11-7-10(14)12-6-9-5-8(2)15-13-9/h1,5,11H,4,6-7H2,2H3,(H,12,14). The van der Waals surface area contributed by atoms with Gasteiger partial charge in [0.05, 0.1) is 19.6 Å². The van der Waals surface area contributed by atoms with Crippen molar-refractivity contribution in [2.45, 2.75) is 13.5 Å². The molecular formula is C10H13N3O2. The molecule has 0 atom stereocenters. The molecule has 1 heterocycles. The number of nitrogens with zero attached hydrogens (tertiary/aromatic N) is 1. The number of aromatic nitrogens is 1. The van der Waals surface area contributed by atoms with Gasteiger partial charge < -0.3 is 9.84 Å². The van der Waals surface area contributed by atoms with Gasteiger partial charge in [0.2, 0.25) is 5.91 Å². The fourth-order valence-corrected chi connectivity index (χ4v) is 1.00. The summed E-state index contributed by atoms with van der Waals surface area (Å²) < 4.78 is 4.85. The molecule has 80 valence electrons. The molecule has 2 N–H and O–H groups in total. The molecule has 0 spiro atoms. The van der Waals surface area contributed by atoms with Crippen molar-refractivity contribution < 1.29 is 9.32 Å². The molecule has 5 nitrogen and oxygen atoms in total. The number of aryl methyl sites for hydroxylation is 1. The summed E-state index contributed by atoms with van der Waals surface area (Å²) in [5.74, 6) is 2.99. The molecule has 0 aliphatic carbocycles. The normalized spacial score (nSPS) is 9.60. The largest absolute Gasteiger partial charge is 0.361 e. The monoisotopic (exact) mass is 207 g/mol. The predicted octanol–water partition coefficient (Wildman–Crippen LogP) is -0.178. The summed E-state index contributed by atoms with van der Waals surface area (Å²) in [6.07, 6.45) is 5.02. The van der Waals surface area contributed by atoms with Crippen LogP contribution in [0.4, 0.5) is 0 Å². The van der Waals surface area contributed by atoms with Gasteiger partial charge in [0.25, 0.3) is 0 Å². The molecule has 0 aliphatic rings. The Morgan fingerprint density at radius 1 is 1.73 bits per heavy atom. The van der Waals surface area contributed by atoms with Crippen molar-refractivity contribution in [1.82, 2.24) is 15.8 Å². The molecule has 1 aromatic heterocycles. The number of carbonyl (C=O) groups is 1. The zero-order chi connectivity index (χ0) is 11.1. The summed E-state index contributed by atoms with van der Waals surface area (Å²) in [7, 11) is 0.